The molecular weight excluding hydrogens is 400 g/mol. The van der Waals surface area contributed by atoms with Gasteiger partial charge in [-0.15, -0.1) is 0 Å². The quantitative estimate of drug-likeness (QED) is 0.484. The van der Waals surface area contributed by atoms with E-state index in [4.69, 9.17) is 4.42 Å². The first-order valence-electron chi connectivity index (χ1n) is 10.0. The van der Waals surface area contributed by atoms with Gasteiger partial charge in [-0.1, -0.05) is 19.1 Å². The molecule has 2 heterocycles. The molecule has 0 atom stereocenters. The fourth-order valence-electron chi connectivity index (χ4n) is 3.18. The minimum absolute atomic E-state index is 0.231. The number of pyridine rings is 1. The Morgan fingerprint density at radius 3 is 2.40 bits per heavy atom. The summed E-state index contributed by atoms with van der Waals surface area (Å²) in [6.45, 7) is 3.77. The molecule has 0 saturated heterocycles. The smallest absolute Gasteiger partial charge is 0.226 e. The molecule has 6 nitrogen and oxygen atoms in total. The molecule has 0 bridgehead atoms. The van der Waals surface area contributed by atoms with Crippen molar-refractivity contribution in [2.75, 3.05) is 5.75 Å². The highest BCUT2D eigenvalue weighted by molar-refractivity contribution is 7.91. The van der Waals surface area contributed by atoms with Crippen molar-refractivity contribution in [3.63, 3.8) is 0 Å². The highest BCUT2D eigenvalue weighted by Crippen LogP contribution is 2.23. The number of hydrogen-bond acceptors (Lipinski definition) is 6. The molecule has 0 spiro atoms. The number of nitrogens with zero attached hydrogens (tertiary/aromatic N) is 2. The minimum atomic E-state index is -3.61. The van der Waals surface area contributed by atoms with Gasteiger partial charge in [0.15, 0.2) is 9.84 Å². The lowest BCUT2D eigenvalue weighted by molar-refractivity contribution is -0.116. The molecule has 0 aliphatic carbocycles. The highest BCUT2D eigenvalue weighted by Gasteiger charge is 2.22. The van der Waals surface area contributed by atoms with Crippen molar-refractivity contribution in [2.45, 2.75) is 45.3 Å². The molecule has 0 radical (unpaired) electrons. The molecule has 0 amide bonds. The van der Waals surface area contributed by atoms with E-state index >= 15 is 0 Å². The Kier molecular flexibility index (Phi) is 7.15. The molecule has 2 aromatic heterocycles. The third-order valence-corrected chi connectivity index (χ3v) is 6.38. The lowest BCUT2D eigenvalue weighted by atomic mass is 10.1. The Morgan fingerprint density at radius 1 is 1.03 bits per heavy atom. The summed E-state index contributed by atoms with van der Waals surface area (Å²) in [6.07, 6.45) is 5.90. The highest BCUT2D eigenvalue weighted by atomic mass is 32.2. The standard InChI is InChI=1S/C23H26N2O4S/c1-3-18-7-9-20(10-8-18)23-25-22(17(2)29-23)16-30(27,28)15-21(26)6-4-5-19-11-13-24-14-12-19/h7-14H,3-6,15-16H2,1-2H3. The molecule has 0 unspecified atom stereocenters. The van der Waals surface area contributed by atoms with Crippen molar-refractivity contribution in [1.82, 2.24) is 9.97 Å². The zero-order valence-electron chi connectivity index (χ0n) is 17.3. The fraction of sp³-hybridized carbons (Fsp3) is 0.348. The average Bonchev–Trinajstić information content (AvgIpc) is 3.08. The maximum atomic E-state index is 12.5. The van der Waals surface area contributed by atoms with Crippen LogP contribution in [0.15, 0.2) is 53.2 Å². The van der Waals surface area contributed by atoms with E-state index in [9.17, 15) is 13.2 Å². The van der Waals surface area contributed by atoms with Crippen molar-refractivity contribution in [3.8, 4) is 11.5 Å². The average molecular weight is 427 g/mol. The molecule has 0 fully saturated rings. The predicted molar refractivity (Wildman–Crippen MR) is 116 cm³/mol. The summed E-state index contributed by atoms with van der Waals surface area (Å²) >= 11 is 0. The van der Waals surface area contributed by atoms with Gasteiger partial charge < -0.3 is 4.42 Å². The van der Waals surface area contributed by atoms with Gasteiger partial charge in [-0.3, -0.25) is 9.78 Å². The van der Waals surface area contributed by atoms with Crippen molar-refractivity contribution >= 4 is 15.6 Å². The Morgan fingerprint density at radius 2 is 1.73 bits per heavy atom. The molecule has 7 heteroatoms. The van der Waals surface area contributed by atoms with Gasteiger partial charge in [0.2, 0.25) is 5.89 Å². The number of benzene rings is 1. The number of aryl methyl sites for hydroxylation is 3. The zero-order valence-corrected chi connectivity index (χ0v) is 18.1. The maximum absolute atomic E-state index is 12.5. The summed E-state index contributed by atoms with van der Waals surface area (Å²) in [5.41, 5.74) is 3.44. The Hall–Kier alpha value is -2.80. The van der Waals surface area contributed by atoms with E-state index < -0.39 is 15.6 Å². The largest absolute Gasteiger partial charge is 0.441 e. The lowest BCUT2D eigenvalue weighted by Crippen LogP contribution is -2.18. The van der Waals surface area contributed by atoms with Gasteiger partial charge in [0.05, 0.1) is 11.4 Å². The van der Waals surface area contributed by atoms with E-state index in [1.165, 1.54) is 5.56 Å². The molecule has 3 aromatic rings. The number of oxazole rings is 1. The first kappa shape index (κ1) is 21.9. The summed E-state index contributed by atoms with van der Waals surface area (Å²) in [7, 11) is -3.61. The molecule has 30 heavy (non-hydrogen) atoms. The predicted octanol–water partition coefficient (Wildman–Crippen LogP) is 4.11. The van der Waals surface area contributed by atoms with Gasteiger partial charge in [0.1, 0.15) is 17.3 Å². The van der Waals surface area contributed by atoms with Crippen LogP contribution in [0.3, 0.4) is 0 Å². The number of rotatable bonds is 10. The van der Waals surface area contributed by atoms with Gasteiger partial charge in [-0.25, -0.2) is 13.4 Å². The molecule has 0 aliphatic rings. The fourth-order valence-corrected chi connectivity index (χ4v) is 4.61. The van der Waals surface area contributed by atoms with Crippen LogP contribution in [0.5, 0.6) is 0 Å². The lowest BCUT2D eigenvalue weighted by Gasteiger charge is -2.03. The van der Waals surface area contributed by atoms with Crippen LogP contribution in [-0.2, 0) is 33.2 Å². The second kappa shape index (κ2) is 9.80. The number of sulfone groups is 1. The molecule has 1 aromatic carbocycles. The SMILES string of the molecule is CCc1ccc(-c2nc(CS(=O)(=O)CC(=O)CCCc3ccncc3)c(C)o2)cc1. The summed E-state index contributed by atoms with van der Waals surface area (Å²) in [6, 6.07) is 11.6. The van der Waals surface area contributed by atoms with Gasteiger partial charge in [-0.2, -0.15) is 0 Å². The van der Waals surface area contributed by atoms with Crippen LogP contribution in [0.1, 0.15) is 42.3 Å². The van der Waals surface area contributed by atoms with Gasteiger partial charge >= 0.3 is 0 Å². The number of carbonyl (C=O) groups excluding carboxylic acids is 1. The van der Waals surface area contributed by atoms with Gasteiger partial charge in [0, 0.05) is 24.4 Å². The molecule has 0 saturated carbocycles. The molecular formula is C23H26N2O4S. The molecule has 3 rings (SSSR count). The summed E-state index contributed by atoms with van der Waals surface area (Å²) in [5, 5.41) is 0. The maximum Gasteiger partial charge on any atom is 0.226 e. The van der Waals surface area contributed by atoms with Gasteiger partial charge in [0.25, 0.3) is 0 Å². The Labute approximate surface area is 177 Å². The van der Waals surface area contributed by atoms with Crippen LogP contribution in [0, 0.1) is 6.92 Å². The third kappa shape index (κ3) is 6.10. The topological polar surface area (TPSA) is 90.1 Å². The van der Waals surface area contributed by atoms with Crippen LogP contribution >= 0.6 is 0 Å². The van der Waals surface area contributed by atoms with Crippen molar-refractivity contribution in [1.29, 1.82) is 0 Å². The Balaban J connectivity index is 1.57. The first-order valence-corrected chi connectivity index (χ1v) is 11.8. The van der Waals surface area contributed by atoms with Crippen LogP contribution in [0.4, 0.5) is 0 Å². The summed E-state index contributed by atoms with van der Waals surface area (Å²) in [4.78, 5) is 20.5. The molecule has 0 N–H and O–H groups in total. The second-order valence-corrected chi connectivity index (χ2v) is 9.42. The number of aromatic nitrogens is 2. The third-order valence-electron chi connectivity index (χ3n) is 4.91. The minimum Gasteiger partial charge on any atom is -0.441 e. The zero-order chi connectivity index (χ0) is 21.6. The summed E-state index contributed by atoms with van der Waals surface area (Å²) in [5.74, 6) is -0.204. The normalized spacial score (nSPS) is 11.5. The van der Waals surface area contributed by atoms with Crippen LogP contribution in [0.2, 0.25) is 0 Å². The van der Waals surface area contributed by atoms with Gasteiger partial charge in [-0.05, 0) is 61.6 Å². The molecule has 158 valence electrons. The van der Waals surface area contributed by atoms with E-state index in [-0.39, 0.29) is 18.0 Å². The monoisotopic (exact) mass is 426 g/mol. The van der Waals surface area contributed by atoms with Crippen LogP contribution in [-0.4, -0.2) is 29.9 Å². The van der Waals surface area contributed by atoms with E-state index in [1.807, 2.05) is 36.4 Å². The Bertz CT molecular complexity index is 1090. The first-order chi connectivity index (χ1) is 14.4. The number of hydrogen-bond donors (Lipinski definition) is 0. The van der Waals surface area contributed by atoms with Crippen LogP contribution in [0.25, 0.3) is 11.5 Å². The number of Topliss-reactive ketones (excluding diaryl/α,β-unsaturated/α-hetero) is 1. The van der Waals surface area contributed by atoms with E-state index in [2.05, 4.69) is 16.9 Å². The second-order valence-electron chi connectivity index (χ2n) is 7.35. The van der Waals surface area contributed by atoms with E-state index in [0.717, 1.165) is 24.0 Å². The number of ketones is 1. The molecule has 0 aliphatic heterocycles. The van der Waals surface area contributed by atoms with Crippen molar-refractivity contribution in [2.24, 2.45) is 0 Å². The van der Waals surface area contributed by atoms with E-state index in [1.54, 1.807) is 19.3 Å². The van der Waals surface area contributed by atoms with Crippen molar-refractivity contribution < 1.29 is 17.6 Å². The number of carbonyl (C=O) groups is 1. The van der Waals surface area contributed by atoms with Crippen molar-refractivity contribution in [3.05, 3.63) is 71.4 Å². The van der Waals surface area contributed by atoms with Crippen LogP contribution < -0.4 is 0 Å². The van der Waals surface area contributed by atoms with E-state index in [0.29, 0.717) is 23.8 Å². The summed E-state index contributed by atoms with van der Waals surface area (Å²) < 4.78 is 30.7.